The third-order valence-electron chi connectivity index (χ3n) is 4.31. The third-order valence-corrected chi connectivity index (χ3v) is 4.31. The van der Waals surface area contributed by atoms with Gasteiger partial charge in [-0.25, -0.2) is 4.39 Å². The van der Waals surface area contributed by atoms with Gasteiger partial charge >= 0.3 is 0 Å². The number of piperidine rings is 1. The Labute approximate surface area is 116 Å². The molecule has 2 rings (SSSR count). The van der Waals surface area contributed by atoms with Crippen molar-refractivity contribution in [1.29, 1.82) is 0 Å². The van der Waals surface area contributed by atoms with Crippen LogP contribution in [-0.2, 0) is 0 Å². The maximum absolute atomic E-state index is 13.8. The van der Waals surface area contributed by atoms with Crippen LogP contribution in [0.3, 0.4) is 0 Å². The molecule has 0 radical (unpaired) electrons. The van der Waals surface area contributed by atoms with E-state index in [1.54, 1.807) is 12.1 Å². The smallest absolute Gasteiger partial charge is 0.127 e. The van der Waals surface area contributed by atoms with Gasteiger partial charge in [-0.15, -0.1) is 0 Å². The Balaban J connectivity index is 1.85. The molecule has 0 bridgehead atoms. The third kappa shape index (κ3) is 4.02. The van der Waals surface area contributed by atoms with Crippen LogP contribution in [0.4, 0.5) is 4.39 Å². The number of hydrogen-bond donors (Lipinski definition) is 1. The van der Waals surface area contributed by atoms with E-state index in [9.17, 15) is 4.39 Å². The molecule has 1 fully saturated rings. The molecular weight excluding hydrogens is 239 g/mol. The van der Waals surface area contributed by atoms with Crippen LogP contribution in [0, 0.1) is 11.7 Å². The molecule has 2 atom stereocenters. The van der Waals surface area contributed by atoms with Gasteiger partial charge in [0.1, 0.15) is 5.82 Å². The quantitative estimate of drug-likeness (QED) is 0.878. The predicted molar refractivity (Wildman–Crippen MR) is 77.7 cm³/mol. The highest BCUT2D eigenvalue weighted by Gasteiger charge is 2.18. The van der Waals surface area contributed by atoms with E-state index in [4.69, 9.17) is 0 Å². The van der Waals surface area contributed by atoms with E-state index in [1.165, 1.54) is 19.3 Å². The summed E-state index contributed by atoms with van der Waals surface area (Å²) >= 11 is 0. The minimum atomic E-state index is -0.0961. The van der Waals surface area contributed by atoms with E-state index in [0.717, 1.165) is 31.1 Å². The van der Waals surface area contributed by atoms with E-state index in [2.05, 4.69) is 24.2 Å². The van der Waals surface area contributed by atoms with Crippen LogP contribution in [0.5, 0.6) is 0 Å². The van der Waals surface area contributed by atoms with Gasteiger partial charge in [0.25, 0.3) is 0 Å². The summed E-state index contributed by atoms with van der Waals surface area (Å²) in [6, 6.07) is 7.23. The Kier molecular flexibility index (Phi) is 5.34. The molecule has 1 aliphatic rings. The number of benzene rings is 1. The van der Waals surface area contributed by atoms with Gasteiger partial charge < -0.3 is 5.32 Å². The van der Waals surface area contributed by atoms with Crippen molar-refractivity contribution in [3.8, 4) is 0 Å². The molecule has 0 spiro atoms. The average Bonchev–Trinajstić information content (AvgIpc) is 2.45. The van der Waals surface area contributed by atoms with Crippen LogP contribution < -0.4 is 5.32 Å². The van der Waals surface area contributed by atoms with Crippen molar-refractivity contribution in [2.45, 2.75) is 32.2 Å². The van der Waals surface area contributed by atoms with Crippen LogP contribution in [0.25, 0.3) is 0 Å². The van der Waals surface area contributed by atoms with Gasteiger partial charge in [0.15, 0.2) is 0 Å². The highest BCUT2D eigenvalue weighted by atomic mass is 19.1. The van der Waals surface area contributed by atoms with Crippen molar-refractivity contribution in [1.82, 2.24) is 10.2 Å². The molecule has 1 aromatic rings. The summed E-state index contributed by atoms with van der Waals surface area (Å²) in [7, 11) is 2.09. The molecule has 0 saturated carbocycles. The molecule has 1 heterocycles. The van der Waals surface area contributed by atoms with Gasteiger partial charge in [-0.3, -0.25) is 4.90 Å². The normalized spacial score (nSPS) is 21.6. The molecular formula is C16H25FN2. The SMILES string of the molecule is CC(c1ccccc1F)N(C)CCC1CCCNC1. The molecule has 1 N–H and O–H groups in total. The maximum atomic E-state index is 13.8. The van der Waals surface area contributed by atoms with Crippen LogP contribution in [0.2, 0.25) is 0 Å². The zero-order valence-corrected chi connectivity index (χ0v) is 12.0. The first-order chi connectivity index (χ1) is 9.18. The summed E-state index contributed by atoms with van der Waals surface area (Å²) in [6.45, 7) is 5.42. The highest BCUT2D eigenvalue weighted by Crippen LogP contribution is 2.23. The van der Waals surface area contributed by atoms with Gasteiger partial charge in [0.2, 0.25) is 0 Å². The zero-order chi connectivity index (χ0) is 13.7. The molecule has 0 aliphatic carbocycles. The Hall–Kier alpha value is -0.930. The second-order valence-corrected chi connectivity index (χ2v) is 5.68. The highest BCUT2D eigenvalue weighted by molar-refractivity contribution is 5.20. The molecule has 0 aromatic heterocycles. The number of hydrogen-bond acceptors (Lipinski definition) is 2. The first-order valence-corrected chi connectivity index (χ1v) is 7.34. The van der Waals surface area contributed by atoms with Crippen molar-refractivity contribution in [2.24, 2.45) is 5.92 Å². The molecule has 106 valence electrons. The molecule has 3 heteroatoms. The van der Waals surface area contributed by atoms with Crippen LogP contribution in [0.15, 0.2) is 24.3 Å². The fourth-order valence-electron chi connectivity index (χ4n) is 2.80. The van der Waals surface area contributed by atoms with Gasteiger partial charge in [-0.2, -0.15) is 0 Å². The number of nitrogens with zero attached hydrogens (tertiary/aromatic N) is 1. The van der Waals surface area contributed by atoms with E-state index < -0.39 is 0 Å². The van der Waals surface area contributed by atoms with Crippen LogP contribution in [0.1, 0.15) is 37.8 Å². The van der Waals surface area contributed by atoms with Crippen LogP contribution in [-0.4, -0.2) is 31.6 Å². The minimum Gasteiger partial charge on any atom is -0.316 e. The summed E-state index contributed by atoms with van der Waals surface area (Å²) in [4.78, 5) is 2.26. The summed E-state index contributed by atoms with van der Waals surface area (Å²) in [5.41, 5.74) is 0.798. The Bertz CT molecular complexity index is 388. The fraction of sp³-hybridized carbons (Fsp3) is 0.625. The lowest BCUT2D eigenvalue weighted by molar-refractivity contribution is 0.224. The van der Waals surface area contributed by atoms with Crippen molar-refractivity contribution in [2.75, 3.05) is 26.7 Å². The largest absolute Gasteiger partial charge is 0.316 e. The van der Waals surface area contributed by atoms with E-state index in [-0.39, 0.29) is 11.9 Å². The molecule has 19 heavy (non-hydrogen) atoms. The molecule has 1 saturated heterocycles. The van der Waals surface area contributed by atoms with E-state index in [1.807, 2.05) is 12.1 Å². The zero-order valence-electron chi connectivity index (χ0n) is 12.0. The topological polar surface area (TPSA) is 15.3 Å². The van der Waals surface area contributed by atoms with Crippen molar-refractivity contribution < 1.29 is 4.39 Å². The molecule has 0 amide bonds. The summed E-state index contributed by atoms with van der Waals surface area (Å²) in [5, 5.41) is 3.45. The van der Waals surface area contributed by atoms with Gasteiger partial charge in [-0.05, 0) is 64.9 Å². The second-order valence-electron chi connectivity index (χ2n) is 5.68. The van der Waals surface area contributed by atoms with Gasteiger partial charge in [-0.1, -0.05) is 18.2 Å². The molecule has 2 nitrogen and oxygen atoms in total. The maximum Gasteiger partial charge on any atom is 0.127 e. The lowest BCUT2D eigenvalue weighted by Gasteiger charge is -2.29. The lowest BCUT2D eigenvalue weighted by Crippen LogP contribution is -2.33. The summed E-state index contributed by atoms with van der Waals surface area (Å²) < 4.78 is 13.8. The summed E-state index contributed by atoms with van der Waals surface area (Å²) in [5.74, 6) is 0.685. The Morgan fingerprint density at radius 2 is 2.21 bits per heavy atom. The van der Waals surface area contributed by atoms with Gasteiger partial charge in [0, 0.05) is 11.6 Å². The predicted octanol–water partition coefficient (Wildman–Crippen LogP) is 3.21. The van der Waals surface area contributed by atoms with E-state index >= 15 is 0 Å². The van der Waals surface area contributed by atoms with Gasteiger partial charge in [0.05, 0.1) is 0 Å². The first-order valence-electron chi connectivity index (χ1n) is 7.34. The summed E-state index contributed by atoms with van der Waals surface area (Å²) in [6.07, 6.45) is 3.81. The molecule has 1 aromatic carbocycles. The standard InChI is InChI=1S/C16H25FN2/c1-13(15-7-3-4-8-16(15)17)19(2)11-9-14-6-5-10-18-12-14/h3-4,7-8,13-14,18H,5-6,9-12H2,1-2H3. The Morgan fingerprint density at radius 1 is 1.42 bits per heavy atom. The number of rotatable bonds is 5. The molecule has 2 unspecified atom stereocenters. The monoisotopic (exact) mass is 264 g/mol. The van der Waals surface area contributed by atoms with Crippen molar-refractivity contribution in [3.63, 3.8) is 0 Å². The minimum absolute atomic E-state index is 0.0961. The van der Waals surface area contributed by atoms with E-state index in [0.29, 0.717) is 0 Å². The lowest BCUT2D eigenvalue weighted by atomic mass is 9.95. The average molecular weight is 264 g/mol. The molecule has 1 aliphatic heterocycles. The van der Waals surface area contributed by atoms with Crippen LogP contribution >= 0.6 is 0 Å². The van der Waals surface area contributed by atoms with Crippen molar-refractivity contribution >= 4 is 0 Å². The number of nitrogens with one attached hydrogen (secondary N) is 1. The van der Waals surface area contributed by atoms with Crippen molar-refractivity contribution in [3.05, 3.63) is 35.6 Å². The first kappa shape index (κ1) is 14.5. The fourth-order valence-corrected chi connectivity index (χ4v) is 2.80. The Morgan fingerprint density at radius 3 is 2.89 bits per heavy atom. The second kappa shape index (κ2) is 7.01. The number of halogens is 1.